The van der Waals surface area contributed by atoms with E-state index in [2.05, 4.69) is 49.7 Å². The number of hydrogen-bond acceptors (Lipinski definition) is 3. The van der Waals surface area contributed by atoms with Crippen LogP contribution in [0.3, 0.4) is 0 Å². The summed E-state index contributed by atoms with van der Waals surface area (Å²) in [5, 5.41) is 5.77. The lowest BCUT2D eigenvalue weighted by Gasteiger charge is -2.36. The zero-order valence-electron chi connectivity index (χ0n) is 16.5. The summed E-state index contributed by atoms with van der Waals surface area (Å²) in [5.74, 6) is 0.0816. The number of carbonyl (C=O) groups excluding carboxylic acids is 1. The van der Waals surface area contributed by atoms with Gasteiger partial charge in [0.25, 0.3) is 0 Å². The molecule has 0 aliphatic carbocycles. The van der Waals surface area contributed by atoms with E-state index >= 15 is 0 Å². The van der Waals surface area contributed by atoms with E-state index in [4.69, 9.17) is 0 Å². The molecule has 1 fully saturated rings. The molecular formula is C21H27FIN5O. The molecule has 1 heterocycles. The number of nitrogens with zero attached hydrogens (tertiary/aromatic N) is 3. The SMILES string of the molecule is CN=C(NCC(=O)Nc1cccc(F)c1)N1CCN(Cc2ccccc2)CC1.I. The molecule has 0 bridgehead atoms. The van der Waals surface area contributed by atoms with Gasteiger partial charge in [-0.15, -0.1) is 24.0 Å². The van der Waals surface area contributed by atoms with Crippen LogP contribution in [0.1, 0.15) is 5.56 Å². The second-order valence-electron chi connectivity index (χ2n) is 6.71. The van der Waals surface area contributed by atoms with Crippen molar-refractivity contribution in [3.63, 3.8) is 0 Å². The van der Waals surface area contributed by atoms with Gasteiger partial charge in [-0.3, -0.25) is 14.7 Å². The number of carbonyl (C=O) groups is 1. The highest BCUT2D eigenvalue weighted by molar-refractivity contribution is 14.0. The van der Waals surface area contributed by atoms with Crippen molar-refractivity contribution in [1.29, 1.82) is 0 Å². The third kappa shape index (κ3) is 7.28. The number of hydrogen-bond donors (Lipinski definition) is 2. The second-order valence-corrected chi connectivity index (χ2v) is 6.71. The van der Waals surface area contributed by atoms with Crippen LogP contribution in [0.25, 0.3) is 0 Å². The molecular weight excluding hydrogens is 484 g/mol. The Morgan fingerprint density at radius 3 is 2.45 bits per heavy atom. The summed E-state index contributed by atoms with van der Waals surface area (Å²) in [6.45, 7) is 4.58. The lowest BCUT2D eigenvalue weighted by molar-refractivity contribution is -0.115. The highest BCUT2D eigenvalue weighted by Gasteiger charge is 2.20. The smallest absolute Gasteiger partial charge is 0.243 e. The molecule has 1 amide bonds. The number of guanidine groups is 1. The van der Waals surface area contributed by atoms with Crippen LogP contribution >= 0.6 is 24.0 Å². The summed E-state index contributed by atoms with van der Waals surface area (Å²) in [5.41, 5.74) is 1.75. The minimum absolute atomic E-state index is 0. The molecule has 29 heavy (non-hydrogen) atoms. The van der Waals surface area contributed by atoms with E-state index < -0.39 is 0 Å². The van der Waals surface area contributed by atoms with Crippen molar-refractivity contribution in [1.82, 2.24) is 15.1 Å². The van der Waals surface area contributed by atoms with Gasteiger partial charge in [-0.05, 0) is 23.8 Å². The first-order chi connectivity index (χ1) is 13.6. The molecule has 6 nitrogen and oxygen atoms in total. The van der Waals surface area contributed by atoms with Gasteiger partial charge in [0, 0.05) is 45.5 Å². The molecule has 2 aromatic rings. The Labute approximate surface area is 188 Å². The van der Waals surface area contributed by atoms with Crippen molar-refractivity contribution in [3.05, 3.63) is 66.0 Å². The second kappa shape index (κ2) is 11.7. The molecule has 0 radical (unpaired) electrons. The summed E-state index contributed by atoms with van der Waals surface area (Å²) in [7, 11) is 1.71. The Morgan fingerprint density at radius 2 is 1.79 bits per heavy atom. The largest absolute Gasteiger partial charge is 0.347 e. The highest BCUT2D eigenvalue weighted by atomic mass is 127. The van der Waals surface area contributed by atoms with E-state index in [-0.39, 0.29) is 42.2 Å². The average Bonchev–Trinajstić information content (AvgIpc) is 2.70. The van der Waals surface area contributed by atoms with Crippen molar-refractivity contribution in [2.24, 2.45) is 4.99 Å². The molecule has 3 rings (SSSR count). The van der Waals surface area contributed by atoms with Crippen molar-refractivity contribution < 1.29 is 9.18 Å². The lowest BCUT2D eigenvalue weighted by Crippen LogP contribution is -2.53. The average molecular weight is 511 g/mol. The van der Waals surface area contributed by atoms with E-state index in [1.165, 1.54) is 17.7 Å². The number of amides is 1. The monoisotopic (exact) mass is 511 g/mol. The van der Waals surface area contributed by atoms with E-state index in [0.717, 1.165) is 32.7 Å². The van der Waals surface area contributed by atoms with Crippen LogP contribution in [0.15, 0.2) is 59.6 Å². The van der Waals surface area contributed by atoms with Crippen LogP contribution in [0.4, 0.5) is 10.1 Å². The molecule has 1 aliphatic heterocycles. The quantitative estimate of drug-likeness (QED) is 0.369. The number of nitrogens with one attached hydrogen (secondary N) is 2. The van der Waals surface area contributed by atoms with Gasteiger partial charge in [0.05, 0.1) is 6.54 Å². The van der Waals surface area contributed by atoms with Crippen molar-refractivity contribution >= 4 is 41.5 Å². The maximum absolute atomic E-state index is 13.2. The van der Waals surface area contributed by atoms with Gasteiger partial charge in [0.2, 0.25) is 5.91 Å². The molecule has 2 aromatic carbocycles. The van der Waals surface area contributed by atoms with E-state index in [0.29, 0.717) is 11.6 Å². The Hall–Kier alpha value is -2.20. The fraction of sp³-hybridized carbons (Fsp3) is 0.333. The van der Waals surface area contributed by atoms with Crippen molar-refractivity contribution in [3.8, 4) is 0 Å². The van der Waals surface area contributed by atoms with E-state index in [1.807, 2.05) is 6.07 Å². The maximum Gasteiger partial charge on any atom is 0.243 e. The summed E-state index contributed by atoms with van der Waals surface area (Å²) in [4.78, 5) is 21.0. The van der Waals surface area contributed by atoms with Crippen molar-refractivity contribution in [2.75, 3.05) is 45.1 Å². The van der Waals surface area contributed by atoms with Crippen LogP contribution in [0, 0.1) is 5.82 Å². The maximum atomic E-state index is 13.2. The van der Waals surface area contributed by atoms with Gasteiger partial charge in [0.1, 0.15) is 5.82 Å². The number of anilines is 1. The van der Waals surface area contributed by atoms with Gasteiger partial charge in [-0.25, -0.2) is 4.39 Å². The fourth-order valence-corrected chi connectivity index (χ4v) is 3.22. The number of piperazine rings is 1. The molecule has 8 heteroatoms. The summed E-state index contributed by atoms with van der Waals surface area (Å²) >= 11 is 0. The van der Waals surface area contributed by atoms with E-state index in [1.54, 1.807) is 19.2 Å². The topological polar surface area (TPSA) is 60.0 Å². The first-order valence-electron chi connectivity index (χ1n) is 9.41. The zero-order chi connectivity index (χ0) is 19.8. The normalized spacial score (nSPS) is 14.8. The molecule has 156 valence electrons. The number of benzene rings is 2. The standard InChI is InChI=1S/C21H26FN5O.HI/c1-23-21(24-15-20(28)25-19-9-5-8-18(22)14-19)27-12-10-26(11-13-27)16-17-6-3-2-4-7-17;/h2-9,14H,10-13,15-16H2,1H3,(H,23,24)(H,25,28);1H. The van der Waals surface area contributed by atoms with Crippen LogP contribution in [0.5, 0.6) is 0 Å². The third-order valence-electron chi connectivity index (χ3n) is 4.65. The predicted molar refractivity (Wildman–Crippen MR) is 125 cm³/mol. The van der Waals surface area contributed by atoms with Crippen LogP contribution in [-0.4, -0.2) is 61.4 Å². The predicted octanol–water partition coefficient (Wildman–Crippen LogP) is 2.78. The Bertz CT molecular complexity index is 810. The minimum atomic E-state index is -0.380. The molecule has 0 saturated carbocycles. The zero-order valence-corrected chi connectivity index (χ0v) is 18.8. The Balaban J connectivity index is 0.00000300. The van der Waals surface area contributed by atoms with Gasteiger partial charge in [-0.1, -0.05) is 36.4 Å². The number of aliphatic imine (C=N–C) groups is 1. The molecule has 1 aliphatic rings. The van der Waals surface area contributed by atoms with Crippen LogP contribution < -0.4 is 10.6 Å². The molecule has 0 aromatic heterocycles. The van der Waals surface area contributed by atoms with Crippen molar-refractivity contribution in [2.45, 2.75) is 6.54 Å². The summed E-state index contributed by atoms with van der Waals surface area (Å²) in [6, 6.07) is 16.3. The van der Waals surface area contributed by atoms with Crippen LogP contribution in [-0.2, 0) is 11.3 Å². The first kappa shape index (κ1) is 23.1. The van der Waals surface area contributed by atoms with Gasteiger partial charge in [-0.2, -0.15) is 0 Å². The number of rotatable bonds is 5. The first-order valence-corrected chi connectivity index (χ1v) is 9.41. The Morgan fingerprint density at radius 1 is 1.07 bits per heavy atom. The van der Waals surface area contributed by atoms with E-state index in [9.17, 15) is 9.18 Å². The minimum Gasteiger partial charge on any atom is -0.347 e. The Kier molecular flexibility index (Phi) is 9.33. The molecule has 2 N–H and O–H groups in total. The molecule has 0 atom stereocenters. The highest BCUT2D eigenvalue weighted by Crippen LogP contribution is 2.10. The third-order valence-corrected chi connectivity index (χ3v) is 4.65. The molecule has 1 saturated heterocycles. The number of halogens is 2. The van der Waals surface area contributed by atoms with Gasteiger partial charge >= 0.3 is 0 Å². The van der Waals surface area contributed by atoms with Gasteiger partial charge in [0.15, 0.2) is 5.96 Å². The van der Waals surface area contributed by atoms with Crippen LogP contribution in [0.2, 0.25) is 0 Å². The summed E-state index contributed by atoms with van der Waals surface area (Å²) in [6.07, 6.45) is 0. The lowest BCUT2D eigenvalue weighted by atomic mass is 10.2. The molecule has 0 spiro atoms. The molecule has 0 unspecified atom stereocenters. The summed E-state index contributed by atoms with van der Waals surface area (Å²) < 4.78 is 13.2. The van der Waals surface area contributed by atoms with Gasteiger partial charge < -0.3 is 15.5 Å². The fourth-order valence-electron chi connectivity index (χ4n) is 3.22.